The van der Waals surface area contributed by atoms with Crippen molar-refractivity contribution in [3.8, 4) is 0 Å². The molecule has 0 radical (unpaired) electrons. The Morgan fingerprint density at radius 3 is 1.28 bits per heavy atom. The number of anilines is 2. The molecule has 0 heterocycles. The van der Waals surface area contributed by atoms with Crippen LogP contribution < -0.4 is 21.3 Å². The first kappa shape index (κ1) is 23.3. The number of nitro benzene ring substituents is 2. The zero-order chi connectivity index (χ0) is 23.1. The molecule has 4 N–H and O–H groups in total. The van der Waals surface area contributed by atoms with Crippen molar-refractivity contribution in [2.24, 2.45) is 0 Å². The summed E-state index contributed by atoms with van der Waals surface area (Å²) in [6.45, 7) is 0. The van der Waals surface area contributed by atoms with E-state index in [-0.39, 0.29) is 23.5 Å². The first-order chi connectivity index (χ1) is 15.3. The van der Waals surface area contributed by atoms with Gasteiger partial charge in [0, 0.05) is 47.7 Å². The zero-order valence-corrected chi connectivity index (χ0v) is 18.6. The minimum atomic E-state index is -0.444. The van der Waals surface area contributed by atoms with Crippen LogP contribution in [0.25, 0.3) is 0 Å². The van der Waals surface area contributed by atoms with E-state index in [1.165, 1.54) is 24.3 Å². The van der Waals surface area contributed by atoms with Gasteiger partial charge in [-0.15, -0.1) is 0 Å². The largest absolute Gasteiger partial charge is 0.360 e. The topological polar surface area (TPSA) is 134 Å². The van der Waals surface area contributed by atoms with Crippen molar-refractivity contribution in [1.82, 2.24) is 10.6 Å². The molecule has 1 aliphatic carbocycles. The van der Waals surface area contributed by atoms with E-state index in [2.05, 4.69) is 21.3 Å². The molecule has 2 aromatic carbocycles. The number of non-ortho nitro benzene ring substituents is 2. The number of hydrogen-bond donors (Lipinski definition) is 4. The van der Waals surface area contributed by atoms with Crippen LogP contribution in [0.3, 0.4) is 0 Å². The van der Waals surface area contributed by atoms with Crippen LogP contribution in [-0.2, 0) is 0 Å². The summed E-state index contributed by atoms with van der Waals surface area (Å²) in [4.78, 5) is 20.6. The van der Waals surface area contributed by atoms with Gasteiger partial charge in [0.25, 0.3) is 11.4 Å². The Morgan fingerprint density at radius 2 is 1.00 bits per heavy atom. The maximum absolute atomic E-state index is 10.7. The molecule has 1 fully saturated rings. The summed E-state index contributed by atoms with van der Waals surface area (Å²) in [6, 6.07) is 12.6. The number of rotatable bonds is 6. The lowest BCUT2D eigenvalue weighted by Gasteiger charge is -2.31. The molecule has 2 aromatic rings. The molecule has 0 aromatic heterocycles. The molecule has 0 unspecified atom stereocenters. The molecule has 32 heavy (non-hydrogen) atoms. The van der Waals surface area contributed by atoms with Crippen LogP contribution in [0.4, 0.5) is 22.7 Å². The van der Waals surface area contributed by atoms with Crippen molar-refractivity contribution in [1.29, 1.82) is 0 Å². The number of hydrogen-bond acceptors (Lipinski definition) is 6. The lowest BCUT2D eigenvalue weighted by Crippen LogP contribution is -2.45. The molecule has 0 atom stereocenters. The van der Waals surface area contributed by atoms with E-state index in [0.29, 0.717) is 21.6 Å². The summed E-state index contributed by atoms with van der Waals surface area (Å²) in [5.74, 6) is 0. The highest BCUT2D eigenvalue weighted by atomic mass is 32.1. The summed E-state index contributed by atoms with van der Waals surface area (Å²) >= 11 is 10.7. The van der Waals surface area contributed by atoms with Crippen LogP contribution >= 0.6 is 24.4 Å². The van der Waals surface area contributed by atoms with E-state index in [0.717, 1.165) is 25.7 Å². The Balaban J connectivity index is 1.38. The molecule has 0 saturated heterocycles. The molecule has 0 bridgehead atoms. The fraction of sp³-hybridized carbons (Fsp3) is 0.300. The quantitative estimate of drug-likeness (QED) is 0.275. The normalized spacial score (nSPS) is 17.6. The van der Waals surface area contributed by atoms with Gasteiger partial charge in [-0.2, -0.15) is 0 Å². The van der Waals surface area contributed by atoms with Crippen LogP contribution in [0.1, 0.15) is 25.7 Å². The van der Waals surface area contributed by atoms with Crippen LogP contribution in [0.5, 0.6) is 0 Å². The monoisotopic (exact) mass is 474 g/mol. The van der Waals surface area contributed by atoms with Gasteiger partial charge in [-0.05, 0) is 74.4 Å². The lowest BCUT2D eigenvalue weighted by atomic mass is 9.91. The number of nitrogens with zero attached hydrogens (tertiary/aromatic N) is 2. The van der Waals surface area contributed by atoms with Gasteiger partial charge in [0.15, 0.2) is 10.2 Å². The molecular weight excluding hydrogens is 452 g/mol. The minimum Gasteiger partial charge on any atom is -0.360 e. The third kappa shape index (κ3) is 6.82. The molecule has 0 amide bonds. The summed E-state index contributed by atoms with van der Waals surface area (Å²) in [7, 11) is 0. The standard InChI is InChI=1S/C20H22N6O4S2/c27-25(28)17-9-5-15(6-10-17)23-19(31)21-13-1-2-14(4-3-13)22-20(32)24-16-7-11-18(12-8-16)26(29)30/h5-14H,1-4H2,(H2,21,23,31)(H2,22,24,32). The molecule has 1 saturated carbocycles. The highest BCUT2D eigenvalue weighted by molar-refractivity contribution is 7.80. The SMILES string of the molecule is O=[N+]([O-])c1ccc(NC(=S)NC2CCC(NC(=S)Nc3ccc([N+](=O)[O-])cc3)CC2)cc1. The van der Waals surface area contributed by atoms with Gasteiger partial charge in [0.1, 0.15) is 0 Å². The molecule has 0 spiro atoms. The van der Waals surface area contributed by atoms with Crippen molar-refractivity contribution >= 4 is 57.4 Å². The zero-order valence-electron chi connectivity index (χ0n) is 16.9. The van der Waals surface area contributed by atoms with Gasteiger partial charge in [0.05, 0.1) is 9.85 Å². The molecule has 12 heteroatoms. The molecule has 0 aliphatic heterocycles. The van der Waals surface area contributed by atoms with E-state index in [4.69, 9.17) is 24.4 Å². The van der Waals surface area contributed by atoms with Crippen molar-refractivity contribution in [2.45, 2.75) is 37.8 Å². The van der Waals surface area contributed by atoms with Crippen molar-refractivity contribution in [3.05, 3.63) is 68.8 Å². The average Bonchev–Trinajstić information content (AvgIpc) is 2.76. The van der Waals surface area contributed by atoms with E-state index in [1.54, 1.807) is 24.3 Å². The minimum absolute atomic E-state index is 0.0289. The second kappa shape index (κ2) is 10.8. The number of benzene rings is 2. The molecule has 10 nitrogen and oxygen atoms in total. The Morgan fingerprint density at radius 1 is 0.688 bits per heavy atom. The van der Waals surface area contributed by atoms with Crippen molar-refractivity contribution in [3.63, 3.8) is 0 Å². The first-order valence-electron chi connectivity index (χ1n) is 9.94. The number of thiocarbonyl (C=S) groups is 2. The molecule has 1 aliphatic rings. The average molecular weight is 475 g/mol. The second-order valence-electron chi connectivity index (χ2n) is 7.35. The van der Waals surface area contributed by atoms with Crippen molar-refractivity contribution in [2.75, 3.05) is 10.6 Å². The van der Waals surface area contributed by atoms with Crippen LogP contribution in [0, 0.1) is 20.2 Å². The van der Waals surface area contributed by atoms with E-state index in [9.17, 15) is 20.2 Å². The van der Waals surface area contributed by atoms with E-state index >= 15 is 0 Å². The summed E-state index contributed by atoms with van der Waals surface area (Å²) in [6.07, 6.45) is 3.61. The van der Waals surface area contributed by atoms with E-state index in [1.807, 2.05) is 0 Å². The summed E-state index contributed by atoms with van der Waals surface area (Å²) in [5.41, 5.74) is 1.43. The maximum Gasteiger partial charge on any atom is 0.269 e. The molecular formula is C20H22N6O4S2. The van der Waals surface area contributed by atoms with Crippen LogP contribution in [0.2, 0.25) is 0 Å². The van der Waals surface area contributed by atoms with E-state index < -0.39 is 9.85 Å². The Hall–Kier alpha value is -3.38. The van der Waals surface area contributed by atoms with Gasteiger partial charge >= 0.3 is 0 Å². The third-order valence-electron chi connectivity index (χ3n) is 5.07. The van der Waals surface area contributed by atoms with Crippen LogP contribution in [0.15, 0.2) is 48.5 Å². The predicted octanol–water partition coefficient (Wildman–Crippen LogP) is 4.09. The van der Waals surface area contributed by atoms with Gasteiger partial charge in [-0.1, -0.05) is 0 Å². The first-order valence-corrected chi connectivity index (χ1v) is 10.8. The van der Waals surface area contributed by atoms with Gasteiger partial charge < -0.3 is 21.3 Å². The maximum atomic E-state index is 10.7. The predicted molar refractivity (Wildman–Crippen MR) is 131 cm³/mol. The molecule has 3 rings (SSSR count). The third-order valence-corrected chi connectivity index (χ3v) is 5.51. The number of nitrogens with one attached hydrogen (secondary N) is 4. The lowest BCUT2D eigenvalue weighted by molar-refractivity contribution is -0.385. The Labute approximate surface area is 195 Å². The van der Waals surface area contributed by atoms with Gasteiger partial charge in [-0.25, -0.2) is 0 Å². The Bertz CT molecular complexity index is 911. The summed E-state index contributed by atoms with van der Waals surface area (Å²) in [5, 5.41) is 35.1. The smallest absolute Gasteiger partial charge is 0.269 e. The highest BCUT2D eigenvalue weighted by Gasteiger charge is 2.22. The van der Waals surface area contributed by atoms with Gasteiger partial charge in [0.2, 0.25) is 0 Å². The molecule has 168 valence electrons. The summed E-state index contributed by atoms with van der Waals surface area (Å²) < 4.78 is 0. The Kier molecular flexibility index (Phi) is 7.84. The van der Waals surface area contributed by atoms with Crippen molar-refractivity contribution < 1.29 is 9.85 Å². The second-order valence-corrected chi connectivity index (χ2v) is 8.17. The highest BCUT2D eigenvalue weighted by Crippen LogP contribution is 2.20. The fourth-order valence-corrected chi connectivity index (χ4v) is 3.99. The van der Waals surface area contributed by atoms with Gasteiger partial charge in [-0.3, -0.25) is 20.2 Å². The fourth-order valence-electron chi connectivity index (χ4n) is 3.42. The number of nitro groups is 2. The van der Waals surface area contributed by atoms with Crippen LogP contribution in [-0.4, -0.2) is 32.2 Å².